The molecule has 1 atom stereocenters. The first-order chi connectivity index (χ1) is 14.6. The maximum absolute atomic E-state index is 13.3. The topological polar surface area (TPSA) is 53.9 Å². The number of likely N-dealkylation sites (N-methyl/N-ethyl adjacent to an activating group) is 1. The van der Waals surface area contributed by atoms with Crippen LogP contribution in [0.2, 0.25) is 0 Å². The van der Waals surface area contributed by atoms with Gasteiger partial charge < -0.3 is 15.1 Å². The Bertz CT molecular complexity index is 837. The van der Waals surface area contributed by atoms with Gasteiger partial charge in [-0.3, -0.25) is 9.59 Å². The number of carbonyl (C=O) groups excluding carboxylic acids is 2. The molecule has 6 heteroatoms. The molecule has 1 unspecified atom stereocenters. The zero-order valence-corrected chi connectivity index (χ0v) is 18.7. The van der Waals surface area contributed by atoms with E-state index in [9.17, 15) is 9.59 Å². The van der Waals surface area contributed by atoms with Crippen LogP contribution in [0.1, 0.15) is 32.1 Å². The van der Waals surface area contributed by atoms with Gasteiger partial charge in [-0.1, -0.05) is 49.6 Å². The van der Waals surface area contributed by atoms with Gasteiger partial charge >= 0.3 is 0 Å². The number of thioether (sulfide) groups is 1. The molecule has 2 aromatic carbocycles. The third kappa shape index (κ3) is 6.09. The van der Waals surface area contributed by atoms with E-state index >= 15 is 0 Å². The summed E-state index contributed by atoms with van der Waals surface area (Å²) < 4.78 is 0. The molecule has 1 saturated carbocycles. The third-order valence-electron chi connectivity index (χ3n) is 5.54. The van der Waals surface area contributed by atoms with E-state index in [0.717, 1.165) is 34.0 Å². The lowest BCUT2D eigenvalue weighted by atomic mass is 9.93. The number of hydrogen-bond acceptors (Lipinski definition) is 3. The zero-order chi connectivity index (χ0) is 21.3. The number of nitrogens with zero attached hydrogens (tertiary/aromatic N) is 1. The van der Waals surface area contributed by atoms with Gasteiger partial charge in [-0.2, -0.15) is 0 Å². The molecule has 2 N–H and O–H groups in total. The summed E-state index contributed by atoms with van der Waals surface area (Å²) in [6.07, 6.45) is 7.67. The number of benzene rings is 2. The Labute approximate surface area is 183 Å². The van der Waals surface area contributed by atoms with Crippen LogP contribution < -0.4 is 15.1 Å². The van der Waals surface area contributed by atoms with E-state index in [-0.39, 0.29) is 24.4 Å². The van der Waals surface area contributed by atoms with Gasteiger partial charge in [0.2, 0.25) is 0 Å². The Hall–Kier alpha value is -2.31. The Balaban J connectivity index is 1.62. The molecule has 2 aromatic rings. The summed E-state index contributed by atoms with van der Waals surface area (Å²) in [7, 11) is 1.90. The van der Waals surface area contributed by atoms with E-state index in [4.69, 9.17) is 0 Å². The first-order valence-corrected chi connectivity index (χ1v) is 11.9. The van der Waals surface area contributed by atoms with E-state index in [0.29, 0.717) is 6.54 Å². The van der Waals surface area contributed by atoms with Crippen LogP contribution in [0.25, 0.3) is 0 Å². The highest BCUT2D eigenvalue weighted by atomic mass is 32.2. The lowest BCUT2D eigenvalue weighted by Crippen LogP contribution is -3.11. The minimum atomic E-state index is -0.0780. The van der Waals surface area contributed by atoms with Crippen LogP contribution in [0, 0.1) is 0 Å². The van der Waals surface area contributed by atoms with E-state index in [1.165, 1.54) is 19.3 Å². The SMILES string of the molecule is CSc1ccccc1NC(=O)C[NH+](C)CC(=O)N(c1ccccc1)C1CCCCC1. The molecule has 5 nitrogen and oxygen atoms in total. The second-order valence-electron chi connectivity index (χ2n) is 7.95. The Morgan fingerprint density at radius 2 is 1.67 bits per heavy atom. The van der Waals surface area contributed by atoms with Gasteiger partial charge in [-0.05, 0) is 43.4 Å². The smallest absolute Gasteiger partial charge is 0.282 e. The van der Waals surface area contributed by atoms with Gasteiger partial charge in [0, 0.05) is 16.6 Å². The first-order valence-electron chi connectivity index (χ1n) is 10.7. The van der Waals surface area contributed by atoms with Crippen LogP contribution in [-0.4, -0.2) is 44.2 Å². The predicted molar refractivity (Wildman–Crippen MR) is 124 cm³/mol. The highest BCUT2D eigenvalue weighted by molar-refractivity contribution is 7.98. The molecule has 2 amide bonds. The number of anilines is 2. The average molecular weight is 427 g/mol. The summed E-state index contributed by atoms with van der Waals surface area (Å²) in [6.45, 7) is 0.546. The van der Waals surface area contributed by atoms with Crippen molar-refractivity contribution < 1.29 is 14.5 Å². The number of hydrogen-bond donors (Lipinski definition) is 2. The van der Waals surface area contributed by atoms with E-state index in [1.807, 2.05) is 72.8 Å². The summed E-state index contributed by atoms with van der Waals surface area (Å²) in [5.41, 5.74) is 1.78. The maximum Gasteiger partial charge on any atom is 0.282 e. The second-order valence-corrected chi connectivity index (χ2v) is 8.80. The summed E-state index contributed by atoms with van der Waals surface area (Å²) in [4.78, 5) is 29.7. The Kier molecular flexibility index (Phi) is 8.34. The van der Waals surface area contributed by atoms with Crippen molar-refractivity contribution in [3.8, 4) is 0 Å². The van der Waals surface area contributed by atoms with Gasteiger partial charge in [0.1, 0.15) is 0 Å². The van der Waals surface area contributed by atoms with Crippen molar-refractivity contribution in [3.63, 3.8) is 0 Å². The minimum Gasteiger partial charge on any atom is -0.322 e. The van der Waals surface area contributed by atoms with Crippen molar-refractivity contribution >= 4 is 35.0 Å². The first kappa shape index (κ1) is 22.4. The van der Waals surface area contributed by atoms with Gasteiger partial charge in [0.25, 0.3) is 11.8 Å². The molecule has 0 radical (unpaired) electrons. The minimum absolute atomic E-state index is 0.0780. The van der Waals surface area contributed by atoms with Gasteiger partial charge in [-0.25, -0.2) is 0 Å². The highest BCUT2D eigenvalue weighted by Crippen LogP contribution is 2.27. The summed E-state index contributed by atoms with van der Waals surface area (Å²) >= 11 is 1.60. The fourth-order valence-corrected chi connectivity index (χ4v) is 4.66. The van der Waals surface area contributed by atoms with Crippen LogP contribution >= 0.6 is 11.8 Å². The lowest BCUT2D eigenvalue weighted by Gasteiger charge is -2.34. The molecule has 1 aliphatic carbocycles. The van der Waals surface area contributed by atoms with Crippen LogP contribution in [0.4, 0.5) is 11.4 Å². The second kappa shape index (κ2) is 11.2. The van der Waals surface area contributed by atoms with Crippen LogP contribution in [0.15, 0.2) is 59.5 Å². The van der Waals surface area contributed by atoms with Gasteiger partial charge in [0.15, 0.2) is 13.1 Å². The van der Waals surface area contributed by atoms with E-state index in [2.05, 4.69) is 5.32 Å². The van der Waals surface area contributed by atoms with E-state index in [1.54, 1.807) is 11.8 Å². The van der Waals surface area contributed by atoms with Crippen molar-refractivity contribution in [2.75, 3.05) is 36.6 Å². The molecular weight excluding hydrogens is 394 g/mol. The van der Waals surface area contributed by atoms with Crippen molar-refractivity contribution in [3.05, 3.63) is 54.6 Å². The van der Waals surface area contributed by atoms with Crippen LogP contribution in [0.5, 0.6) is 0 Å². The average Bonchev–Trinajstić information content (AvgIpc) is 2.75. The number of para-hydroxylation sites is 2. The molecule has 0 spiro atoms. The van der Waals surface area contributed by atoms with Crippen molar-refractivity contribution in [1.82, 2.24) is 0 Å². The lowest BCUT2D eigenvalue weighted by molar-refractivity contribution is -0.862. The number of rotatable bonds is 8. The molecule has 0 heterocycles. The predicted octanol–water partition coefficient (Wildman–Crippen LogP) is 3.23. The summed E-state index contributed by atoms with van der Waals surface area (Å²) in [5, 5.41) is 2.98. The number of nitrogens with one attached hydrogen (secondary N) is 2. The monoisotopic (exact) mass is 426 g/mol. The fourth-order valence-electron chi connectivity index (χ4n) is 4.11. The molecule has 160 valence electrons. The van der Waals surface area contributed by atoms with Crippen LogP contribution in [-0.2, 0) is 9.59 Å². The quantitative estimate of drug-likeness (QED) is 0.638. The zero-order valence-electron chi connectivity index (χ0n) is 17.9. The summed E-state index contributed by atoms with van der Waals surface area (Å²) in [6, 6.07) is 18.0. The van der Waals surface area contributed by atoms with Crippen molar-refractivity contribution in [1.29, 1.82) is 0 Å². The maximum atomic E-state index is 13.3. The Morgan fingerprint density at radius 3 is 2.37 bits per heavy atom. The largest absolute Gasteiger partial charge is 0.322 e. The highest BCUT2D eigenvalue weighted by Gasteiger charge is 2.29. The van der Waals surface area contributed by atoms with Crippen molar-refractivity contribution in [2.45, 2.75) is 43.0 Å². The van der Waals surface area contributed by atoms with Gasteiger partial charge in [0.05, 0.1) is 12.7 Å². The van der Waals surface area contributed by atoms with Gasteiger partial charge in [-0.15, -0.1) is 11.8 Å². The Morgan fingerprint density at radius 1 is 1.00 bits per heavy atom. The number of amides is 2. The molecule has 0 saturated heterocycles. The molecule has 1 aliphatic rings. The number of quaternary nitrogens is 1. The number of carbonyl (C=O) groups is 2. The molecule has 0 aliphatic heterocycles. The third-order valence-corrected chi connectivity index (χ3v) is 6.34. The molecule has 0 bridgehead atoms. The molecule has 3 rings (SSSR count). The molecular formula is C24H32N3O2S+. The van der Waals surface area contributed by atoms with E-state index < -0.39 is 0 Å². The molecule has 0 aromatic heterocycles. The van der Waals surface area contributed by atoms with Crippen LogP contribution in [0.3, 0.4) is 0 Å². The van der Waals surface area contributed by atoms with Crippen molar-refractivity contribution in [2.24, 2.45) is 0 Å². The summed E-state index contributed by atoms with van der Waals surface area (Å²) in [5.74, 6) is 0.00800. The molecule has 1 fully saturated rings. The fraction of sp³-hybridized carbons (Fsp3) is 0.417. The standard InChI is InChI=1S/C24H31N3O2S/c1-26(17-23(28)25-21-15-9-10-16-22(21)30-2)18-24(29)27(19-11-5-3-6-12-19)20-13-7-4-8-14-20/h3,5-6,9-12,15-16,20H,4,7-8,13-14,17-18H2,1-2H3,(H,25,28)/p+1. The normalized spacial score (nSPS) is 15.4. The molecule has 30 heavy (non-hydrogen) atoms.